The molecule has 0 saturated heterocycles. The van der Waals surface area contributed by atoms with Crippen LogP contribution in [-0.2, 0) is 10.8 Å². The van der Waals surface area contributed by atoms with Gasteiger partial charge in [0.05, 0.1) is 16.8 Å². The molecule has 61 heavy (non-hydrogen) atoms. The number of benzene rings is 8. The molecule has 5 heteroatoms. The summed E-state index contributed by atoms with van der Waals surface area (Å²) in [4.78, 5) is 5.12. The van der Waals surface area contributed by atoms with Crippen LogP contribution in [0.4, 0.5) is 28.4 Å². The quantitative estimate of drug-likeness (QED) is 0.167. The first kappa shape index (κ1) is 34.8. The molecule has 0 unspecified atom stereocenters. The molecule has 0 fully saturated rings. The molecule has 4 nitrogen and oxygen atoms in total. The summed E-state index contributed by atoms with van der Waals surface area (Å²) in [7, 11) is 0. The maximum atomic E-state index is 7.62. The van der Waals surface area contributed by atoms with E-state index in [9.17, 15) is 0 Å². The van der Waals surface area contributed by atoms with Gasteiger partial charge in [0.15, 0.2) is 0 Å². The predicted molar refractivity (Wildman–Crippen MR) is 255 cm³/mol. The average Bonchev–Trinajstić information content (AvgIpc) is 3.87. The second kappa shape index (κ2) is 12.3. The molecule has 4 heterocycles. The summed E-state index contributed by atoms with van der Waals surface area (Å²) < 4.78 is 14.3. The van der Waals surface area contributed by atoms with Crippen LogP contribution in [0.25, 0.3) is 65.9 Å². The third-order valence-electron chi connectivity index (χ3n) is 14.3. The molecule has 0 saturated carbocycles. The van der Waals surface area contributed by atoms with Gasteiger partial charge in [0, 0.05) is 39.0 Å². The molecule has 2 aliphatic heterocycles. The monoisotopic (exact) mass is 786 g/mol. The van der Waals surface area contributed by atoms with Crippen molar-refractivity contribution in [3.8, 4) is 22.3 Å². The molecule has 3 aliphatic rings. The van der Waals surface area contributed by atoms with Gasteiger partial charge in [-0.3, -0.25) is 0 Å². The summed E-state index contributed by atoms with van der Waals surface area (Å²) in [5.74, 6) is 0. The minimum absolute atomic E-state index is 0.0136. The molecule has 0 atom stereocenters. The first-order valence-corrected chi connectivity index (χ1v) is 21.7. The van der Waals surface area contributed by atoms with Crippen LogP contribution in [0.1, 0.15) is 51.7 Å². The van der Waals surface area contributed by atoms with E-state index in [1.54, 1.807) is 0 Å². The Bertz CT molecular complexity index is 3450. The summed E-state index contributed by atoms with van der Waals surface area (Å²) in [6, 6.07) is 59.9. The van der Waals surface area contributed by atoms with Crippen molar-refractivity contribution in [2.75, 3.05) is 9.71 Å². The lowest BCUT2D eigenvalue weighted by molar-refractivity contribution is 0.332. The van der Waals surface area contributed by atoms with Gasteiger partial charge in [-0.1, -0.05) is 137 Å². The number of anilines is 5. The first-order valence-electron chi connectivity index (χ1n) is 21.7. The summed E-state index contributed by atoms with van der Waals surface area (Å²) in [5.41, 5.74) is 18.1. The molecule has 2 aromatic heterocycles. The second-order valence-electron chi connectivity index (χ2n) is 18.6. The van der Waals surface area contributed by atoms with Crippen LogP contribution >= 0.6 is 0 Å². The lowest BCUT2D eigenvalue weighted by Gasteiger charge is -2.44. The van der Waals surface area contributed by atoms with Crippen LogP contribution in [0.15, 0.2) is 173 Å². The smallest absolute Gasteiger partial charge is 0.375 e. The van der Waals surface area contributed by atoms with E-state index in [0.29, 0.717) is 0 Å². The van der Waals surface area contributed by atoms with Gasteiger partial charge in [-0.25, -0.2) is 0 Å². The molecular weight excluding hydrogens is 743 g/mol. The zero-order chi connectivity index (χ0) is 40.8. The van der Waals surface area contributed by atoms with Crippen molar-refractivity contribution in [1.82, 2.24) is 0 Å². The summed E-state index contributed by atoms with van der Waals surface area (Å²) >= 11 is 0. The lowest BCUT2D eigenvalue weighted by atomic mass is 9.45. The Hall–Kier alpha value is -6.98. The van der Waals surface area contributed by atoms with E-state index < -0.39 is 0 Å². The zero-order valence-electron chi connectivity index (χ0n) is 34.8. The minimum Gasteiger partial charge on any atom is -0.466 e. The Morgan fingerprint density at radius 2 is 1.18 bits per heavy atom. The minimum atomic E-state index is -0.302. The van der Waals surface area contributed by atoms with E-state index in [0.717, 1.165) is 74.2 Å². The third-order valence-corrected chi connectivity index (χ3v) is 14.3. The highest BCUT2D eigenvalue weighted by molar-refractivity contribution is 6.93. The lowest BCUT2D eigenvalue weighted by Crippen LogP contribution is -2.61. The Balaban J connectivity index is 1.24. The summed E-state index contributed by atoms with van der Waals surface area (Å²) in [6.45, 7) is 9.35. The van der Waals surface area contributed by atoms with Gasteiger partial charge in [-0.05, 0) is 117 Å². The Morgan fingerprint density at radius 1 is 0.508 bits per heavy atom. The predicted octanol–water partition coefficient (Wildman–Crippen LogP) is 14.2. The van der Waals surface area contributed by atoms with Gasteiger partial charge < -0.3 is 18.5 Å². The van der Waals surface area contributed by atoms with E-state index in [4.69, 9.17) is 8.83 Å². The van der Waals surface area contributed by atoms with E-state index in [2.05, 4.69) is 201 Å². The van der Waals surface area contributed by atoms with Crippen LogP contribution in [-0.4, -0.2) is 6.85 Å². The Labute approximate surface area is 355 Å². The average molecular weight is 787 g/mol. The maximum absolute atomic E-state index is 7.62. The molecule has 0 radical (unpaired) electrons. The van der Waals surface area contributed by atoms with E-state index >= 15 is 0 Å². The van der Waals surface area contributed by atoms with E-state index in [1.165, 1.54) is 55.3 Å². The molecule has 0 bridgehead atoms. The van der Waals surface area contributed by atoms with Gasteiger partial charge in [0.2, 0.25) is 0 Å². The molecule has 13 rings (SSSR count). The molecule has 8 aromatic carbocycles. The number of nitrogens with zero attached hydrogens (tertiary/aromatic N) is 2. The number of hydrogen-bond acceptors (Lipinski definition) is 4. The highest BCUT2D eigenvalue weighted by atomic mass is 16.3. The highest BCUT2D eigenvalue weighted by Crippen LogP contribution is 2.56. The Kier molecular flexibility index (Phi) is 7.03. The first-order chi connectivity index (χ1) is 29.8. The fourth-order valence-corrected chi connectivity index (χ4v) is 11.2. The number of furan rings is 2. The van der Waals surface area contributed by atoms with Gasteiger partial charge >= 0.3 is 6.85 Å². The fourth-order valence-electron chi connectivity index (χ4n) is 11.2. The number of fused-ring (bicyclic) bond motifs is 13. The second-order valence-corrected chi connectivity index (χ2v) is 18.6. The largest absolute Gasteiger partial charge is 0.466 e. The van der Waals surface area contributed by atoms with Gasteiger partial charge in [-0.2, -0.15) is 0 Å². The van der Waals surface area contributed by atoms with Crippen molar-refractivity contribution in [3.05, 3.63) is 175 Å². The van der Waals surface area contributed by atoms with Crippen LogP contribution < -0.4 is 20.8 Å². The molecule has 292 valence electrons. The highest BCUT2D eigenvalue weighted by Gasteiger charge is 2.50. The molecule has 0 amide bonds. The molecule has 10 aromatic rings. The zero-order valence-corrected chi connectivity index (χ0v) is 34.8. The van der Waals surface area contributed by atoms with Crippen molar-refractivity contribution in [1.29, 1.82) is 0 Å². The third kappa shape index (κ3) is 4.78. The van der Waals surface area contributed by atoms with Crippen molar-refractivity contribution in [2.45, 2.75) is 51.4 Å². The van der Waals surface area contributed by atoms with E-state index in [-0.39, 0.29) is 17.7 Å². The van der Waals surface area contributed by atoms with Crippen molar-refractivity contribution in [2.24, 2.45) is 0 Å². The summed E-state index contributed by atoms with van der Waals surface area (Å²) in [5, 5.41) is 5.79. The molecule has 0 N–H and O–H groups in total. The molecule has 1 aliphatic carbocycles. The van der Waals surface area contributed by atoms with Gasteiger partial charge in [0.1, 0.15) is 22.4 Å². The number of hydrogen-bond donors (Lipinski definition) is 0. The van der Waals surface area contributed by atoms with Gasteiger partial charge in [-0.15, -0.1) is 0 Å². The van der Waals surface area contributed by atoms with Crippen LogP contribution in [0, 0.1) is 0 Å². The summed E-state index contributed by atoms with van der Waals surface area (Å²) in [6.07, 6.45) is 2.26. The number of para-hydroxylation sites is 3. The molecular formula is C56H43BN2O2. The number of rotatable bonds is 3. The van der Waals surface area contributed by atoms with Crippen LogP contribution in [0.2, 0.25) is 0 Å². The SMILES string of the molecule is CC1(C)CCC(C)(C)c2cc3c4c(oc3cc21)B1c2c(cc3ccccc3c2-c2ccc3oc5ccccc5c3c2N1c1ccccc1)N4c1ccccc1-c1ccccc1. The Morgan fingerprint density at radius 3 is 1.98 bits per heavy atom. The van der Waals surface area contributed by atoms with E-state index in [1.807, 2.05) is 0 Å². The van der Waals surface area contributed by atoms with Crippen LogP contribution in [0.3, 0.4) is 0 Å². The standard InChI is InChI=1S/C56H43BN2O2/c1-55(2)29-30-56(3,4)43-33-48-41(32-42(43)55)53-54(61-48)57-51-45(58(53)44-25-15-13-22-37(44)34-17-7-5-8-18-34)31-35-19-11-12-23-38(35)49(51)40-27-28-47-50(39-24-14-16-26-46(39)60-47)52(40)59(57)36-20-9-6-10-21-36/h5-28,31-33H,29-30H2,1-4H3. The normalized spacial score (nSPS) is 15.9. The fraction of sp³-hybridized carbons (Fsp3) is 0.143. The van der Waals surface area contributed by atoms with Crippen LogP contribution in [0.5, 0.6) is 0 Å². The van der Waals surface area contributed by atoms with Crippen molar-refractivity contribution >= 4 is 90.1 Å². The maximum Gasteiger partial charge on any atom is 0.375 e. The topological polar surface area (TPSA) is 32.8 Å². The molecule has 0 spiro atoms. The van der Waals surface area contributed by atoms with Crippen molar-refractivity contribution in [3.63, 3.8) is 0 Å². The van der Waals surface area contributed by atoms with Gasteiger partial charge in [0.25, 0.3) is 0 Å². The van der Waals surface area contributed by atoms with Crippen molar-refractivity contribution < 1.29 is 8.83 Å².